The fourth-order valence-electron chi connectivity index (χ4n) is 6.01. The summed E-state index contributed by atoms with van der Waals surface area (Å²) < 4.78 is 83.1. The number of alkyl halides is 1. The first-order chi connectivity index (χ1) is 18.2. The van der Waals surface area contributed by atoms with Gasteiger partial charge in [0, 0.05) is 21.2 Å². The second kappa shape index (κ2) is 10.4. The molecule has 206 valence electrons. The lowest BCUT2D eigenvalue weighted by Crippen LogP contribution is -2.53. The highest BCUT2D eigenvalue weighted by Crippen LogP contribution is 2.67. The van der Waals surface area contributed by atoms with Gasteiger partial charge in [-0.15, -0.1) is 0 Å². The molecule has 0 aliphatic heterocycles. The fourth-order valence-corrected chi connectivity index (χ4v) is 6.69. The van der Waals surface area contributed by atoms with E-state index in [2.05, 4.69) is 0 Å². The lowest BCUT2D eigenvalue weighted by atomic mass is 9.55. The Hall–Kier alpha value is -2.63. The van der Waals surface area contributed by atoms with Crippen LogP contribution in [-0.4, -0.2) is 0 Å². The average molecular weight is 579 g/mol. The molecule has 0 heterocycles. The Morgan fingerprint density at radius 1 is 0.590 bits per heavy atom. The smallest absolute Gasteiger partial charge is 0.210 e. The summed E-state index contributed by atoms with van der Waals surface area (Å²) in [5.74, 6) is -8.98. The third-order valence-corrected chi connectivity index (χ3v) is 8.27. The monoisotopic (exact) mass is 578 g/mol. The molecule has 7 heteroatoms. The Kier molecular flexibility index (Phi) is 7.83. The maximum Gasteiger partial charge on any atom is 0.210 e. The molecule has 2 unspecified atom stereocenters. The first kappa shape index (κ1) is 29.4. The van der Waals surface area contributed by atoms with E-state index in [1.54, 1.807) is 52.0 Å². The normalized spacial score (nSPS) is 21.9. The van der Waals surface area contributed by atoms with E-state index in [4.69, 9.17) is 23.2 Å². The molecule has 0 N–H and O–H groups in total. The van der Waals surface area contributed by atoms with E-state index in [9.17, 15) is 0 Å². The summed E-state index contributed by atoms with van der Waals surface area (Å²) in [6, 6.07) is 13.8. The molecular formula is C32H29Cl2F5. The zero-order valence-corrected chi connectivity index (χ0v) is 24.0. The number of halogens is 7. The summed E-state index contributed by atoms with van der Waals surface area (Å²) in [5, 5.41) is -0.441. The van der Waals surface area contributed by atoms with E-state index >= 15 is 22.0 Å². The summed E-state index contributed by atoms with van der Waals surface area (Å²) in [6.07, 6.45) is 0. The number of allylic oxidation sites excluding steroid dienone is 4. The zero-order chi connectivity index (χ0) is 29.0. The third kappa shape index (κ3) is 4.07. The number of rotatable bonds is 5. The largest absolute Gasteiger partial charge is 0.229 e. The molecule has 1 aliphatic carbocycles. The molecule has 1 aliphatic rings. The minimum Gasteiger partial charge on any atom is -0.229 e. The van der Waals surface area contributed by atoms with Gasteiger partial charge in [-0.1, -0.05) is 93.4 Å². The van der Waals surface area contributed by atoms with Crippen molar-refractivity contribution in [2.75, 3.05) is 0 Å². The van der Waals surface area contributed by atoms with Crippen LogP contribution in [0.2, 0.25) is 10.0 Å². The number of benzene rings is 3. The fraction of sp³-hybridized carbons (Fsp3) is 0.312. The maximum atomic E-state index is 18.6. The van der Waals surface area contributed by atoms with E-state index in [0.717, 1.165) is 0 Å². The van der Waals surface area contributed by atoms with Crippen LogP contribution in [0.3, 0.4) is 0 Å². The van der Waals surface area contributed by atoms with Crippen LogP contribution < -0.4 is 0 Å². The van der Waals surface area contributed by atoms with Crippen LogP contribution in [0.4, 0.5) is 22.0 Å². The van der Waals surface area contributed by atoms with Crippen LogP contribution in [0.1, 0.15) is 78.5 Å². The standard InChI is InChI=1S/C32H29Cl2F5/c1-16(2)20-12-8-13-21(17(3)4)25(20)31(26-22(33)14-9-15-23(26)34)29(37)27(35)28(36)30(38)32(31,39)24-18(5)10-7-11-19(24)6/h7-17H,1-6H3. The quantitative estimate of drug-likeness (QED) is 0.264. The molecule has 4 rings (SSSR count). The van der Waals surface area contributed by atoms with E-state index in [0.29, 0.717) is 11.1 Å². The van der Waals surface area contributed by atoms with E-state index in [1.165, 1.54) is 44.2 Å². The summed E-state index contributed by atoms with van der Waals surface area (Å²) in [6.45, 7) is 10.2. The Labute approximate surface area is 236 Å². The second-order valence-corrected chi connectivity index (χ2v) is 11.5. The van der Waals surface area contributed by atoms with Crippen molar-refractivity contribution in [2.24, 2.45) is 0 Å². The molecule has 2 atom stereocenters. The van der Waals surface area contributed by atoms with Gasteiger partial charge in [0.2, 0.25) is 5.67 Å². The topological polar surface area (TPSA) is 0 Å². The third-order valence-electron chi connectivity index (χ3n) is 7.64. The van der Waals surface area contributed by atoms with Crippen molar-refractivity contribution in [2.45, 2.75) is 64.5 Å². The minimum absolute atomic E-state index is 0.0366. The SMILES string of the molecule is Cc1cccc(C)c1C1(F)C(F)=C(F)C(F)=C(F)C1(c1c(Cl)cccc1Cl)c1c(C(C)C)cccc1C(C)C. The lowest BCUT2D eigenvalue weighted by Gasteiger charge is -2.50. The molecule has 0 bridgehead atoms. The molecular weight excluding hydrogens is 550 g/mol. The van der Waals surface area contributed by atoms with Crippen LogP contribution in [0, 0.1) is 13.8 Å². The Morgan fingerprint density at radius 3 is 1.46 bits per heavy atom. The summed E-state index contributed by atoms with van der Waals surface area (Å²) in [5.41, 5.74) is -6.04. The number of hydrogen-bond donors (Lipinski definition) is 0. The summed E-state index contributed by atoms with van der Waals surface area (Å²) >= 11 is 13.3. The molecule has 0 saturated heterocycles. The van der Waals surface area contributed by atoms with Gasteiger partial charge in [-0.2, -0.15) is 0 Å². The van der Waals surface area contributed by atoms with Crippen LogP contribution >= 0.6 is 23.2 Å². The molecule has 0 fully saturated rings. The van der Waals surface area contributed by atoms with Gasteiger partial charge in [0.05, 0.1) is 0 Å². The highest BCUT2D eigenvalue weighted by Gasteiger charge is 2.69. The number of hydrogen-bond acceptors (Lipinski definition) is 0. The first-order valence-electron chi connectivity index (χ1n) is 12.7. The Bertz CT molecular complexity index is 1450. The molecule has 0 nitrogen and oxygen atoms in total. The molecule has 0 radical (unpaired) electrons. The molecule has 0 spiro atoms. The van der Waals surface area contributed by atoms with E-state index < -0.39 is 34.4 Å². The van der Waals surface area contributed by atoms with Gasteiger partial charge in [0.15, 0.2) is 23.3 Å². The van der Waals surface area contributed by atoms with Gasteiger partial charge in [0.1, 0.15) is 5.41 Å². The summed E-state index contributed by atoms with van der Waals surface area (Å²) in [7, 11) is 0. The first-order valence-corrected chi connectivity index (χ1v) is 13.4. The summed E-state index contributed by atoms with van der Waals surface area (Å²) in [4.78, 5) is 0. The van der Waals surface area contributed by atoms with Crippen molar-refractivity contribution >= 4 is 23.2 Å². The van der Waals surface area contributed by atoms with Gasteiger partial charge in [-0.3, -0.25) is 0 Å². The van der Waals surface area contributed by atoms with Crippen molar-refractivity contribution in [3.63, 3.8) is 0 Å². The van der Waals surface area contributed by atoms with Crippen molar-refractivity contribution in [3.8, 4) is 0 Å². The van der Waals surface area contributed by atoms with Gasteiger partial charge in [-0.05, 0) is 65.6 Å². The highest BCUT2D eigenvalue weighted by atomic mass is 35.5. The van der Waals surface area contributed by atoms with Crippen LogP contribution in [0.25, 0.3) is 0 Å². The van der Waals surface area contributed by atoms with Crippen molar-refractivity contribution < 1.29 is 22.0 Å². The molecule has 39 heavy (non-hydrogen) atoms. The van der Waals surface area contributed by atoms with Crippen LogP contribution in [-0.2, 0) is 11.1 Å². The Morgan fingerprint density at radius 2 is 1.00 bits per heavy atom. The molecule has 3 aromatic rings. The molecule has 0 saturated carbocycles. The molecule has 0 aromatic heterocycles. The predicted molar refractivity (Wildman–Crippen MR) is 149 cm³/mol. The van der Waals surface area contributed by atoms with Gasteiger partial charge in [0.25, 0.3) is 0 Å². The minimum atomic E-state index is -3.62. The van der Waals surface area contributed by atoms with Crippen LogP contribution in [0.15, 0.2) is 77.9 Å². The van der Waals surface area contributed by atoms with E-state index in [1.807, 2.05) is 0 Å². The Balaban J connectivity index is 2.48. The van der Waals surface area contributed by atoms with Crippen molar-refractivity contribution in [1.29, 1.82) is 0 Å². The van der Waals surface area contributed by atoms with Gasteiger partial charge in [-0.25, -0.2) is 22.0 Å². The second-order valence-electron chi connectivity index (χ2n) is 10.6. The molecule has 3 aromatic carbocycles. The zero-order valence-electron chi connectivity index (χ0n) is 22.5. The van der Waals surface area contributed by atoms with Gasteiger partial charge >= 0.3 is 0 Å². The lowest BCUT2D eigenvalue weighted by molar-refractivity contribution is 0.0732. The number of aryl methyl sites for hydroxylation is 2. The average Bonchev–Trinajstić information content (AvgIpc) is 2.87. The van der Waals surface area contributed by atoms with Crippen LogP contribution in [0.5, 0.6) is 0 Å². The maximum absolute atomic E-state index is 18.6. The van der Waals surface area contributed by atoms with Crippen molar-refractivity contribution in [1.82, 2.24) is 0 Å². The van der Waals surface area contributed by atoms with Gasteiger partial charge < -0.3 is 0 Å². The predicted octanol–water partition coefficient (Wildman–Crippen LogP) is 11.3. The molecule has 0 amide bonds. The highest BCUT2D eigenvalue weighted by molar-refractivity contribution is 6.36. The van der Waals surface area contributed by atoms with Crippen molar-refractivity contribution in [3.05, 3.63) is 127 Å². The van der Waals surface area contributed by atoms with E-state index in [-0.39, 0.29) is 49.7 Å².